The van der Waals surface area contributed by atoms with E-state index in [9.17, 15) is 4.79 Å². The van der Waals surface area contributed by atoms with Crippen molar-refractivity contribution in [2.75, 3.05) is 0 Å². The first kappa shape index (κ1) is 10.7. The van der Waals surface area contributed by atoms with Gasteiger partial charge in [0.25, 0.3) is 0 Å². The van der Waals surface area contributed by atoms with E-state index in [1.165, 1.54) is 32.1 Å². The molecule has 1 unspecified atom stereocenters. The van der Waals surface area contributed by atoms with Gasteiger partial charge in [-0.2, -0.15) is 0 Å². The van der Waals surface area contributed by atoms with Gasteiger partial charge < -0.3 is 10.5 Å². The van der Waals surface area contributed by atoms with Crippen molar-refractivity contribution in [3.63, 3.8) is 0 Å². The van der Waals surface area contributed by atoms with E-state index in [0.717, 1.165) is 6.42 Å². The van der Waals surface area contributed by atoms with Gasteiger partial charge in [-0.1, -0.05) is 19.3 Å². The highest BCUT2D eigenvalue weighted by atomic mass is 16.1. The summed E-state index contributed by atoms with van der Waals surface area (Å²) in [7, 11) is 0. The maximum absolute atomic E-state index is 10.8. The van der Waals surface area contributed by atoms with Gasteiger partial charge in [-0.25, -0.2) is 0 Å². The van der Waals surface area contributed by atoms with Crippen LogP contribution >= 0.6 is 0 Å². The highest BCUT2D eigenvalue weighted by molar-refractivity contribution is 5.75. The van der Waals surface area contributed by atoms with Crippen LogP contribution in [0.25, 0.3) is 0 Å². The molecule has 0 aromatic carbocycles. The largest absolute Gasteiger partial charge is 0.327 e. The normalized spacial score (nSPS) is 21.4. The third-order valence-electron chi connectivity index (χ3n) is 3.09. The van der Waals surface area contributed by atoms with Crippen molar-refractivity contribution in [3.05, 3.63) is 0 Å². The summed E-state index contributed by atoms with van der Waals surface area (Å²) in [6.45, 7) is 1.65. The second-order valence-corrected chi connectivity index (χ2v) is 4.30. The van der Waals surface area contributed by atoms with E-state index in [1.54, 1.807) is 6.92 Å². The predicted octanol–water partition coefficient (Wildman–Crippen LogP) is 2.26. The number of nitrogens with two attached hydrogens (primary N) is 1. The highest BCUT2D eigenvalue weighted by Gasteiger charge is 2.20. The fraction of sp³-hybridized carbons (Fsp3) is 0.909. The number of carbonyl (C=O) groups excluding carboxylic acids is 1. The summed E-state index contributed by atoms with van der Waals surface area (Å²) in [5.41, 5.74) is 6.04. The van der Waals surface area contributed by atoms with E-state index in [-0.39, 0.29) is 11.8 Å². The van der Waals surface area contributed by atoms with Crippen LogP contribution in [0.3, 0.4) is 0 Å². The van der Waals surface area contributed by atoms with Gasteiger partial charge in [-0.05, 0) is 32.1 Å². The van der Waals surface area contributed by atoms with Crippen LogP contribution in [-0.4, -0.2) is 11.8 Å². The molecule has 2 nitrogen and oxygen atoms in total. The van der Waals surface area contributed by atoms with Crippen molar-refractivity contribution in [1.82, 2.24) is 0 Å². The molecule has 1 saturated carbocycles. The molecule has 0 aromatic rings. The third kappa shape index (κ3) is 3.90. The van der Waals surface area contributed by atoms with Gasteiger partial charge in [-0.3, -0.25) is 0 Å². The lowest BCUT2D eigenvalue weighted by molar-refractivity contribution is -0.117. The topological polar surface area (TPSA) is 43.1 Å². The molecule has 0 spiro atoms. The molecule has 2 heteroatoms. The summed E-state index contributed by atoms with van der Waals surface area (Å²) in [6, 6.07) is 0.268. The Kier molecular flexibility index (Phi) is 4.43. The zero-order chi connectivity index (χ0) is 9.68. The lowest BCUT2D eigenvalue weighted by Gasteiger charge is -2.27. The van der Waals surface area contributed by atoms with Gasteiger partial charge in [0.2, 0.25) is 0 Å². The molecule has 0 aliphatic heterocycles. The first-order chi connectivity index (χ1) is 6.20. The van der Waals surface area contributed by atoms with Crippen LogP contribution in [0.4, 0.5) is 0 Å². The Morgan fingerprint density at radius 1 is 1.38 bits per heavy atom. The van der Waals surface area contributed by atoms with Crippen molar-refractivity contribution >= 4 is 5.78 Å². The second-order valence-electron chi connectivity index (χ2n) is 4.30. The maximum Gasteiger partial charge on any atom is 0.129 e. The van der Waals surface area contributed by atoms with Gasteiger partial charge in [-0.15, -0.1) is 0 Å². The van der Waals surface area contributed by atoms with Gasteiger partial charge in [0.1, 0.15) is 5.78 Å². The van der Waals surface area contributed by atoms with Crippen molar-refractivity contribution < 1.29 is 4.79 Å². The lowest BCUT2D eigenvalue weighted by atomic mass is 9.82. The van der Waals surface area contributed by atoms with Crippen LogP contribution in [0.1, 0.15) is 51.9 Å². The summed E-state index contributed by atoms with van der Waals surface area (Å²) >= 11 is 0. The average molecular weight is 183 g/mol. The minimum Gasteiger partial charge on any atom is -0.327 e. The van der Waals surface area contributed by atoms with E-state index in [2.05, 4.69) is 0 Å². The first-order valence-electron chi connectivity index (χ1n) is 5.45. The fourth-order valence-electron chi connectivity index (χ4n) is 2.17. The van der Waals surface area contributed by atoms with E-state index >= 15 is 0 Å². The summed E-state index contributed by atoms with van der Waals surface area (Å²) in [6.07, 6.45) is 8.14. The van der Waals surface area contributed by atoms with Crippen LogP contribution in [-0.2, 0) is 4.79 Å². The summed E-state index contributed by atoms with van der Waals surface area (Å²) in [4.78, 5) is 10.8. The molecule has 76 valence electrons. The Hall–Kier alpha value is -0.370. The maximum atomic E-state index is 10.8. The zero-order valence-electron chi connectivity index (χ0n) is 8.59. The Balaban J connectivity index is 2.20. The molecule has 0 aromatic heterocycles. The van der Waals surface area contributed by atoms with Crippen molar-refractivity contribution in [1.29, 1.82) is 0 Å². The number of rotatable bonds is 4. The van der Waals surface area contributed by atoms with E-state index < -0.39 is 0 Å². The molecule has 13 heavy (non-hydrogen) atoms. The number of hydrogen-bond donors (Lipinski definition) is 1. The minimum atomic E-state index is 0.268. The Morgan fingerprint density at radius 2 is 2.00 bits per heavy atom. The average Bonchev–Trinajstić information content (AvgIpc) is 2.15. The Bertz CT molecular complexity index is 161. The number of carbonyl (C=O) groups is 1. The predicted molar refractivity (Wildman–Crippen MR) is 54.5 cm³/mol. The SMILES string of the molecule is CC(=O)CCC(N)C1CCCCC1. The quantitative estimate of drug-likeness (QED) is 0.726. The van der Waals surface area contributed by atoms with E-state index in [4.69, 9.17) is 5.73 Å². The summed E-state index contributed by atoms with van der Waals surface area (Å²) in [5.74, 6) is 0.958. The molecule has 1 rings (SSSR count). The fourth-order valence-corrected chi connectivity index (χ4v) is 2.17. The Labute approximate surface area is 80.9 Å². The molecule has 1 aliphatic rings. The smallest absolute Gasteiger partial charge is 0.129 e. The van der Waals surface area contributed by atoms with Gasteiger partial charge in [0, 0.05) is 12.5 Å². The molecule has 0 saturated heterocycles. The van der Waals surface area contributed by atoms with Crippen LogP contribution in [0.2, 0.25) is 0 Å². The summed E-state index contributed by atoms with van der Waals surface area (Å²) < 4.78 is 0. The van der Waals surface area contributed by atoms with Crippen LogP contribution < -0.4 is 5.73 Å². The monoisotopic (exact) mass is 183 g/mol. The van der Waals surface area contributed by atoms with Crippen LogP contribution in [0.15, 0.2) is 0 Å². The zero-order valence-corrected chi connectivity index (χ0v) is 8.59. The number of ketones is 1. The van der Waals surface area contributed by atoms with Crippen molar-refractivity contribution in [2.24, 2.45) is 11.7 Å². The Morgan fingerprint density at radius 3 is 2.54 bits per heavy atom. The van der Waals surface area contributed by atoms with Crippen molar-refractivity contribution in [3.8, 4) is 0 Å². The molecule has 0 amide bonds. The lowest BCUT2D eigenvalue weighted by Crippen LogP contribution is -2.31. The second kappa shape index (κ2) is 5.38. The molecule has 1 atom stereocenters. The molecule has 1 aliphatic carbocycles. The third-order valence-corrected chi connectivity index (χ3v) is 3.09. The van der Waals surface area contributed by atoms with Crippen LogP contribution in [0, 0.1) is 5.92 Å². The molecule has 0 heterocycles. The molecule has 1 fully saturated rings. The van der Waals surface area contributed by atoms with Gasteiger partial charge in [0.05, 0.1) is 0 Å². The van der Waals surface area contributed by atoms with E-state index in [1.807, 2.05) is 0 Å². The van der Waals surface area contributed by atoms with Gasteiger partial charge >= 0.3 is 0 Å². The molecular weight excluding hydrogens is 162 g/mol. The molecule has 0 bridgehead atoms. The standard InChI is InChI=1S/C11H21NO/c1-9(13)7-8-11(12)10-5-3-2-4-6-10/h10-11H,2-8,12H2,1H3. The summed E-state index contributed by atoms with van der Waals surface area (Å²) in [5, 5.41) is 0. The molecule has 2 N–H and O–H groups in total. The minimum absolute atomic E-state index is 0.268. The van der Waals surface area contributed by atoms with Crippen molar-refractivity contribution in [2.45, 2.75) is 57.9 Å². The number of Topliss-reactive ketones (excluding diaryl/α,β-unsaturated/α-hetero) is 1. The highest BCUT2D eigenvalue weighted by Crippen LogP contribution is 2.27. The molecule has 0 radical (unpaired) electrons. The van der Waals surface area contributed by atoms with E-state index in [0.29, 0.717) is 12.3 Å². The molecular formula is C11H21NO. The van der Waals surface area contributed by atoms with Crippen LogP contribution in [0.5, 0.6) is 0 Å². The van der Waals surface area contributed by atoms with Gasteiger partial charge in [0.15, 0.2) is 0 Å². The number of hydrogen-bond acceptors (Lipinski definition) is 2. The first-order valence-corrected chi connectivity index (χ1v) is 5.45.